The quantitative estimate of drug-likeness (QED) is 0.594. The molecule has 0 unspecified atom stereocenters. The summed E-state index contributed by atoms with van der Waals surface area (Å²) in [6.07, 6.45) is 1.34. The van der Waals surface area contributed by atoms with Crippen LogP contribution in [0.25, 0.3) is 0 Å². The lowest BCUT2D eigenvalue weighted by atomic mass is 10.1. The second-order valence-electron chi connectivity index (χ2n) is 5.19. The topological polar surface area (TPSA) is 97.6 Å². The highest BCUT2D eigenvalue weighted by atomic mass is 79.9. The standard InChI is InChI=1S/C16H19BrN2O5S/c1-23-10-8-18-16(20)11-14(15-3-2-9-24-15)19-25(21,22)13-6-4-12(17)5-7-13/h2-7,9,14,19H,8,10-11H2,1H3,(H,18,20)/t14-/m1/s1. The Balaban J connectivity index is 2.13. The molecule has 1 heterocycles. The molecule has 136 valence electrons. The summed E-state index contributed by atoms with van der Waals surface area (Å²) in [5.41, 5.74) is 0. The van der Waals surface area contributed by atoms with E-state index in [0.717, 1.165) is 4.47 Å². The summed E-state index contributed by atoms with van der Waals surface area (Å²) in [7, 11) is -2.28. The number of furan rings is 1. The maximum Gasteiger partial charge on any atom is 0.241 e. The number of amides is 1. The largest absolute Gasteiger partial charge is 0.468 e. The van der Waals surface area contributed by atoms with Crippen LogP contribution in [0.15, 0.2) is 56.4 Å². The second-order valence-corrected chi connectivity index (χ2v) is 7.82. The maximum absolute atomic E-state index is 12.6. The third-order valence-corrected chi connectivity index (χ3v) is 5.34. The van der Waals surface area contributed by atoms with Gasteiger partial charge in [0, 0.05) is 18.1 Å². The zero-order chi connectivity index (χ0) is 18.3. The molecule has 0 spiro atoms. The fraction of sp³-hybridized carbons (Fsp3) is 0.312. The highest BCUT2D eigenvalue weighted by Crippen LogP contribution is 2.22. The van der Waals surface area contributed by atoms with Crippen molar-refractivity contribution >= 4 is 31.9 Å². The molecule has 7 nitrogen and oxygen atoms in total. The van der Waals surface area contributed by atoms with Crippen molar-refractivity contribution in [2.45, 2.75) is 17.4 Å². The number of halogens is 1. The van der Waals surface area contributed by atoms with Gasteiger partial charge in [-0.05, 0) is 36.4 Å². The SMILES string of the molecule is COCCNC(=O)C[C@@H](NS(=O)(=O)c1ccc(Br)cc1)c1ccco1. The summed E-state index contributed by atoms with van der Waals surface area (Å²) in [4.78, 5) is 12.1. The van der Waals surface area contributed by atoms with Crippen molar-refractivity contribution in [3.05, 3.63) is 52.9 Å². The first-order chi connectivity index (χ1) is 11.9. The van der Waals surface area contributed by atoms with Gasteiger partial charge in [-0.2, -0.15) is 4.72 Å². The molecule has 0 saturated heterocycles. The number of hydrogen-bond acceptors (Lipinski definition) is 5. The Morgan fingerprint density at radius 3 is 2.60 bits per heavy atom. The molecule has 0 bridgehead atoms. The number of sulfonamides is 1. The van der Waals surface area contributed by atoms with E-state index < -0.39 is 16.1 Å². The van der Waals surface area contributed by atoms with Gasteiger partial charge < -0.3 is 14.5 Å². The van der Waals surface area contributed by atoms with Crippen molar-refractivity contribution in [1.82, 2.24) is 10.0 Å². The van der Waals surface area contributed by atoms with Gasteiger partial charge in [0.2, 0.25) is 15.9 Å². The Morgan fingerprint density at radius 2 is 2.00 bits per heavy atom. The zero-order valence-electron chi connectivity index (χ0n) is 13.6. The highest BCUT2D eigenvalue weighted by Gasteiger charge is 2.25. The zero-order valence-corrected chi connectivity index (χ0v) is 16.0. The number of carbonyl (C=O) groups is 1. The first-order valence-electron chi connectivity index (χ1n) is 7.49. The van der Waals surface area contributed by atoms with Crippen LogP contribution in [0.1, 0.15) is 18.2 Å². The third kappa shape index (κ3) is 5.96. The van der Waals surface area contributed by atoms with Crippen LogP contribution in [0.2, 0.25) is 0 Å². The molecule has 0 radical (unpaired) electrons. The Morgan fingerprint density at radius 1 is 1.28 bits per heavy atom. The third-order valence-electron chi connectivity index (χ3n) is 3.33. The van der Waals surface area contributed by atoms with Crippen molar-refractivity contribution in [3.8, 4) is 0 Å². The van der Waals surface area contributed by atoms with E-state index in [9.17, 15) is 13.2 Å². The Bertz CT molecular complexity index is 775. The first-order valence-corrected chi connectivity index (χ1v) is 9.77. The number of rotatable bonds is 9. The van der Waals surface area contributed by atoms with Crippen molar-refractivity contribution in [3.63, 3.8) is 0 Å². The van der Waals surface area contributed by atoms with Crippen LogP contribution in [0.4, 0.5) is 0 Å². The van der Waals surface area contributed by atoms with Crippen LogP contribution in [0.3, 0.4) is 0 Å². The normalized spacial score (nSPS) is 12.7. The van der Waals surface area contributed by atoms with E-state index in [0.29, 0.717) is 18.9 Å². The molecule has 1 amide bonds. The summed E-state index contributed by atoms with van der Waals surface area (Å²) < 4.78 is 38.6. The fourth-order valence-corrected chi connectivity index (χ4v) is 3.58. The molecular formula is C16H19BrN2O5S. The molecule has 9 heteroatoms. The van der Waals surface area contributed by atoms with Crippen LogP contribution in [0.5, 0.6) is 0 Å². The minimum Gasteiger partial charge on any atom is -0.468 e. The first kappa shape index (κ1) is 19.6. The molecule has 2 rings (SSSR count). The average molecular weight is 431 g/mol. The molecular weight excluding hydrogens is 412 g/mol. The lowest BCUT2D eigenvalue weighted by molar-refractivity contribution is -0.121. The van der Waals surface area contributed by atoms with Gasteiger partial charge in [0.05, 0.1) is 30.2 Å². The lowest BCUT2D eigenvalue weighted by Gasteiger charge is -2.17. The summed E-state index contributed by atoms with van der Waals surface area (Å²) in [6.45, 7) is 0.724. The lowest BCUT2D eigenvalue weighted by Crippen LogP contribution is -2.34. The molecule has 0 aliphatic heterocycles. The Hall–Kier alpha value is -1.68. The van der Waals surface area contributed by atoms with Crippen LogP contribution >= 0.6 is 15.9 Å². The molecule has 1 aromatic carbocycles. The Kier molecular flexibility index (Phi) is 7.18. The number of benzene rings is 1. The minimum absolute atomic E-state index is 0.0903. The summed E-state index contributed by atoms with van der Waals surface area (Å²) in [5.74, 6) is 0.0551. The Labute approximate surface area is 154 Å². The summed E-state index contributed by atoms with van der Waals surface area (Å²) in [5, 5.41) is 2.66. The summed E-state index contributed by atoms with van der Waals surface area (Å²) in [6, 6.07) is 8.67. The van der Waals surface area contributed by atoms with Gasteiger partial charge in [-0.25, -0.2) is 8.42 Å². The number of ether oxygens (including phenoxy) is 1. The van der Waals surface area contributed by atoms with E-state index in [-0.39, 0.29) is 17.2 Å². The predicted octanol–water partition coefficient (Wildman–Crippen LogP) is 2.21. The maximum atomic E-state index is 12.6. The number of methoxy groups -OCH3 is 1. The van der Waals surface area contributed by atoms with Gasteiger partial charge >= 0.3 is 0 Å². The van der Waals surface area contributed by atoms with E-state index in [2.05, 4.69) is 26.0 Å². The molecule has 2 N–H and O–H groups in total. The average Bonchev–Trinajstić information content (AvgIpc) is 3.09. The predicted molar refractivity (Wildman–Crippen MR) is 95.4 cm³/mol. The van der Waals surface area contributed by atoms with Crippen LogP contribution in [-0.2, 0) is 19.6 Å². The van der Waals surface area contributed by atoms with Crippen molar-refractivity contribution in [2.75, 3.05) is 20.3 Å². The van der Waals surface area contributed by atoms with Crippen LogP contribution < -0.4 is 10.0 Å². The monoisotopic (exact) mass is 430 g/mol. The van der Waals surface area contributed by atoms with Crippen molar-refractivity contribution in [1.29, 1.82) is 0 Å². The molecule has 0 aliphatic rings. The van der Waals surface area contributed by atoms with Gasteiger partial charge in [-0.3, -0.25) is 4.79 Å². The number of hydrogen-bond donors (Lipinski definition) is 2. The second kappa shape index (κ2) is 9.14. The van der Waals surface area contributed by atoms with Crippen molar-refractivity contribution in [2.24, 2.45) is 0 Å². The van der Waals surface area contributed by atoms with Crippen molar-refractivity contribution < 1.29 is 22.4 Å². The van der Waals surface area contributed by atoms with E-state index in [1.165, 1.54) is 25.5 Å². The number of carbonyl (C=O) groups excluding carboxylic acids is 1. The minimum atomic E-state index is -3.81. The van der Waals surface area contributed by atoms with E-state index in [1.54, 1.807) is 24.3 Å². The van der Waals surface area contributed by atoms with E-state index in [4.69, 9.17) is 9.15 Å². The van der Waals surface area contributed by atoms with E-state index >= 15 is 0 Å². The molecule has 2 aromatic rings. The fourth-order valence-electron chi connectivity index (χ4n) is 2.11. The van der Waals surface area contributed by atoms with Crippen LogP contribution in [-0.4, -0.2) is 34.6 Å². The van der Waals surface area contributed by atoms with Gasteiger partial charge in [0.25, 0.3) is 0 Å². The van der Waals surface area contributed by atoms with E-state index in [1.807, 2.05) is 0 Å². The molecule has 1 aromatic heterocycles. The highest BCUT2D eigenvalue weighted by molar-refractivity contribution is 9.10. The number of nitrogens with one attached hydrogen (secondary N) is 2. The molecule has 1 atom stereocenters. The van der Waals surface area contributed by atoms with Gasteiger partial charge in [-0.15, -0.1) is 0 Å². The molecule has 25 heavy (non-hydrogen) atoms. The van der Waals surface area contributed by atoms with Crippen LogP contribution in [0, 0.1) is 0 Å². The van der Waals surface area contributed by atoms with Gasteiger partial charge in [0.1, 0.15) is 5.76 Å². The van der Waals surface area contributed by atoms with Gasteiger partial charge in [-0.1, -0.05) is 15.9 Å². The summed E-state index contributed by atoms with van der Waals surface area (Å²) >= 11 is 3.26. The molecule has 0 saturated carbocycles. The van der Waals surface area contributed by atoms with Gasteiger partial charge in [0.15, 0.2) is 0 Å². The smallest absolute Gasteiger partial charge is 0.241 e. The molecule has 0 aliphatic carbocycles. The molecule has 0 fully saturated rings.